The number of hydrogen-bond donors (Lipinski definition) is 0. The Morgan fingerprint density at radius 1 is 1.29 bits per heavy atom. The molecule has 0 radical (unpaired) electrons. The first-order valence-electron chi connectivity index (χ1n) is 5.11. The minimum Gasteiger partial charge on any atom is -0.493 e. The van der Waals surface area contributed by atoms with Gasteiger partial charge < -0.3 is 4.74 Å². The highest BCUT2D eigenvalue weighted by molar-refractivity contribution is 8.13. The molecule has 96 valence electrons. The zero-order valence-electron chi connectivity index (χ0n) is 9.66. The molecule has 0 bridgehead atoms. The molecule has 3 nitrogen and oxygen atoms in total. The molecule has 0 heterocycles. The van der Waals surface area contributed by atoms with Crippen LogP contribution in [0.4, 0.5) is 4.39 Å². The third kappa shape index (κ3) is 3.85. The van der Waals surface area contributed by atoms with E-state index < -0.39 is 15.7 Å². The largest absolute Gasteiger partial charge is 0.493 e. The number of ether oxygens (including phenoxy) is 1. The van der Waals surface area contributed by atoms with Crippen molar-refractivity contribution in [3.63, 3.8) is 0 Å². The summed E-state index contributed by atoms with van der Waals surface area (Å²) < 4.78 is 39.8. The average Bonchev–Trinajstić information content (AvgIpc) is 2.21. The number of hydrogen-bond acceptors (Lipinski definition) is 3. The van der Waals surface area contributed by atoms with E-state index in [1.807, 2.05) is 0 Å². The quantitative estimate of drug-likeness (QED) is 0.615. The third-order valence-electron chi connectivity index (χ3n) is 2.27. The van der Waals surface area contributed by atoms with Crippen LogP contribution in [0.25, 0.3) is 0 Å². The number of halogens is 2. The standard InChI is InChI=1S/C11H14ClFO3S/c1-8-7-11(17(12,14)15)9(2)6-10(8)16-5-3-4-13/h6-7H,3-5H2,1-2H3. The molecular formula is C11H14ClFO3S. The summed E-state index contributed by atoms with van der Waals surface area (Å²) in [7, 11) is 1.56. The van der Waals surface area contributed by atoms with Gasteiger partial charge in [0.15, 0.2) is 0 Å². The third-order valence-corrected chi connectivity index (χ3v) is 3.73. The molecule has 0 fully saturated rings. The van der Waals surface area contributed by atoms with Crippen LogP contribution in [0.2, 0.25) is 0 Å². The second-order valence-corrected chi connectivity index (χ2v) is 6.25. The summed E-state index contributed by atoms with van der Waals surface area (Å²) in [5.74, 6) is 0.556. The van der Waals surface area contributed by atoms with Crippen molar-refractivity contribution < 1.29 is 17.5 Å². The van der Waals surface area contributed by atoms with E-state index in [4.69, 9.17) is 15.4 Å². The SMILES string of the molecule is Cc1cc(S(=O)(=O)Cl)c(C)cc1OCCCF. The minimum absolute atomic E-state index is 0.0782. The fourth-order valence-corrected chi connectivity index (χ4v) is 2.68. The van der Waals surface area contributed by atoms with Crippen LogP contribution in [-0.4, -0.2) is 21.7 Å². The fraction of sp³-hybridized carbons (Fsp3) is 0.455. The first-order valence-corrected chi connectivity index (χ1v) is 7.42. The lowest BCUT2D eigenvalue weighted by molar-refractivity contribution is 0.287. The van der Waals surface area contributed by atoms with E-state index in [9.17, 15) is 12.8 Å². The molecule has 0 aliphatic heterocycles. The molecular weight excluding hydrogens is 267 g/mol. The maximum Gasteiger partial charge on any atom is 0.261 e. The Kier molecular flexibility index (Phi) is 4.77. The van der Waals surface area contributed by atoms with E-state index in [0.717, 1.165) is 0 Å². The monoisotopic (exact) mass is 280 g/mol. The molecule has 0 aliphatic carbocycles. The number of alkyl halides is 1. The van der Waals surface area contributed by atoms with Gasteiger partial charge in [0.1, 0.15) is 5.75 Å². The van der Waals surface area contributed by atoms with Crippen LogP contribution in [0.1, 0.15) is 17.5 Å². The lowest BCUT2D eigenvalue weighted by Gasteiger charge is -2.11. The van der Waals surface area contributed by atoms with E-state index in [1.165, 1.54) is 6.07 Å². The molecule has 0 unspecified atom stereocenters. The average molecular weight is 281 g/mol. The zero-order valence-corrected chi connectivity index (χ0v) is 11.2. The van der Waals surface area contributed by atoms with E-state index >= 15 is 0 Å². The smallest absolute Gasteiger partial charge is 0.261 e. The van der Waals surface area contributed by atoms with E-state index in [1.54, 1.807) is 19.9 Å². The molecule has 0 saturated carbocycles. The summed E-state index contributed by atoms with van der Waals surface area (Å²) >= 11 is 0. The van der Waals surface area contributed by atoms with Crippen LogP contribution < -0.4 is 4.74 Å². The highest BCUT2D eigenvalue weighted by atomic mass is 35.7. The van der Waals surface area contributed by atoms with Crippen LogP contribution in [-0.2, 0) is 9.05 Å². The molecule has 0 aromatic heterocycles. The Morgan fingerprint density at radius 3 is 2.47 bits per heavy atom. The number of aryl methyl sites for hydroxylation is 2. The van der Waals surface area contributed by atoms with Crippen molar-refractivity contribution >= 4 is 19.7 Å². The first kappa shape index (κ1) is 14.3. The predicted octanol–water partition coefficient (Wildman–Crippen LogP) is 2.97. The lowest BCUT2D eigenvalue weighted by atomic mass is 10.1. The molecule has 0 N–H and O–H groups in total. The molecule has 17 heavy (non-hydrogen) atoms. The van der Waals surface area contributed by atoms with Gasteiger partial charge in [0.2, 0.25) is 0 Å². The highest BCUT2D eigenvalue weighted by Crippen LogP contribution is 2.27. The van der Waals surface area contributed by atoms with Crippen molar-refractivity contribution in [1.82, 2.24) is 0 Å². The van der Waals surface area contributed by atoms with E-state index in [2.05, 4.69) is 0 Å². The van der Waals surface area contributed by atoms with Crippen LogP contribution >= 0.6 is 10.7 Å². The highest BCUT2D eigenvalue weighted by Gasteiger charge is 2.15. The fourth-order valence-electron chi connectivity index (χ4n) is 1.42. The van der Waals surface area contributed by atoms with Crippen molar-refractivity contribution in [3.05, 3.63) is 23.3 Å². The summed E-state index contributed by atoms with van der Waals surface area (Å²) in [5, 5.41) is 0. The van der Waals surface area contributed by atoms with Gasteiger partial charge in [-0.1, -0.05) is 0 Å². The topological polar surface area (TPSA) is 43.4 Å². The first-order chi connectivity index (χ1) is 7.86. The van der Waals surface area contributed by atoms with Crippen molar-refractivity contribution in [3.8, 4) is 5.75 Å². The lowest BCUT2D eigenvalue weighted by Crippen LogP contribution is -2.02. The Hall–Kier alpha value is -0.810. The van der Waals surface area contributed by atoms with E-state index in [0.29, 0.717) is 23.3 Å². The van der Waals surface area contributed by atoms with Crippen LogP contribution in [0.3, 0.4) is 0 Å². The molecule has 1 aromatic rings. The summed E-state index contributed by atoms with van der Waals surface area (Å²) in [5.41, 5.74) is 1.18. The van der Waals surface area contributed by atoms with Gasteiger partial charge in [-0.15, -0.1) is 0 Å². The summed E-state index contributed by atoms with van der Waals surface area (Å²) in [6, 6.07) is 3.06. The minimum atomic E-state index is -3.74. The summed E-state index contributed by atoms with van der Waals surface area (Å²) in [6.07, 6.45) is 0.314. The van der Waals surface area contributed by atoms with Gasteiger partial charge >= 0.3 is 0 Å². The van der Waals surface area contributed by atoms with Gasteiger partial charge in [-0.05, 0) is 37.1 Å². The van der Waals surface area contributed by atoms with Crippen molar-refractivity contribution in [1.29, 1.82) is 0 Å². The number of benzene rings is 1. The molecule has 0 spiro atoms. The second kappa shape index (κ2) is 5.69. The summed E-state index contributed by atoms with van der Waals surface area (Å²) in [6.45, 7) is 3.18. The molecule has 6 heteroatoms. The van der Waals surface area contributed by atoms with Gasteiger partial charge in [-0.2, -0.15) is 0 Å². The van der Waals surface area contributed by atoms with Gasteiger partial charge in [-0.25, -0.2) is 8.42 Å². The Balaban J connectivity index is 3.02. The predicted molar refractivity (Wildman–Crippen MR) is 65.0 cm³/mol. The normalized spacial score (nSPS) is 11.5. The molecule has 1 aromatic carbocycles. The van der Waals surface area contributed by atoms with Crippen LogP contribution in [0.15, 0.2) is 17.0 Å². The Labute approximate surface area is 105 Å². The second-order valence-electron chi connectivity index (χ2n) is 3.71. The Bertz CT molecular complexity index is 500. The van der Waals surface area contributed by atoms with Crippen molar-refractivity contribution in [2.75, 3.05) is 13.3 Å². The van der Waals surface area contributed by atoms with Gasteiger partial charge in [0.25, 0.3) is 9.05 Å². The van der Waals surface area contributed by atoms with Crippen molar-refractivity contribution in [2.24, 2.45) is 0 Å². The van der Waals surface area contributed by atoms with Gasteiger partial charge in [0.05, 0.1) is 18.2 Å². The maximum atomic E-state index is 11.9. The molecule has 0 saturated heterocycles. The molecule has 1 rings (SSSR count). The van der Waals surface area contributed by atoms with Crippen LogP contribution in [0, 0.1) is 13.8 Å². The zero-order chi connectivity index (χ0) is 13.1. The Morgan fingerprint density at radius 2 is 1.94 bits per heavy atom. The van der Waals surface area contributed by atoms with E-state index in [-0.39, 0.29) is 11.5 Å². The van der Waals surface area contributed by atoms with Gasteiger partial charge in [0, 0.05) is 17.1 Å². The maximum absolute atomic E-state index is 11.9. The van der Waals surface area contributed by atoms with Crippen LogP contribution in [0.5, 0.6) is 5.75 Å². The molecule has 0 amide bonds. The number of rotatable bonds is 5. The van der Waals surface area contributed by atoms with Crippen molar-refractivity contribution in [2.45, 2.75) is 25.2 Å². The summed E-state index contributed by atoms with van der Waals surface area (Å²) in [4.78, 5) is 0.0782. The van der Waals surface area contributed by atoms with Gasteiger partial charge in [-0.3, -0.25) is 4.39 Å². The molecule has 0 atom stereocenters. The molecule has 0 aliphatic rings.